The molecule has 2 heterocycles. The fourth-order valence-electron chi connectivity index (χ4n) is 3.95. The van der Waals surface area contributed by atoms with Gasteiger partial charge in [0.15, 0.2) is 0 Å². The average Bonchev–Trinajstić information content (AvgIpc) is 3.24. The molecular formula is C21H30N2O5. The summed E-state index contributed by atoms with van der Waals surface area (Å²) < 4.78 is 11.3. The first-order valence-electron chi connectivity index (χ1n) is 10.2. The molecule has 7 nitrogen and oxygen atoms in total. The van der Waals surface area contributed by atoms with Crippen molar-refractivity contribution in [2.24, 2.45) is 0 Å². The van der Waals surface area contributed by atoms with Gasteiger partial charge in [-0.15, -0.1) is 0 Å². The van der Waals surface area contributed by atoms with E-state index in [1.165, 1.54) is 0 Å². The lowest BCUT2D eigenvalue weighted by atomic mass is 10.0. The second-order valence-corrected chi connectivity index (χ2v) is 7.45. The maximum atomic E-state index is 12.8. The van der Waals surface area contributed by atoms with E-state index in [9.17, 15) is 9.59 Å². The molecule has 1 aromatic rings. The van der Waals surface area contributed by atoms with E-state index in [0.29, 0.717) is 31.8 Å². The number of hydrogen-bond donors (Lipinski definition) is 1. The molecule has 3 rings (SSSR count). The van der Waals surface area contributed by atoms with Crippen molar-refractivity contribution in [1.82, 2.24) is 9.80 Å². The highest BCUT2D eigenvalue weighted by Crippen LogP contribution is 2.20. The Hall–Kier alpha value is -2.12. The van der Waals surface area contributed by atoms with Crippen molar-refractivity contribution >= 4 is 11.9 Å². The van der Waals surface area contributed by atoms with Crippen LogP contribution in [0.25, 0.3) is 0 Å². The first-order chi connectivity index (χ1) is 13.6. The SMILES string of the molecule is CCN(CC(=O)O)C1CCN(C(=O)c2ccc(OCC3CCCO3)cc2)CC1. The Morgan fingerprint density at radius 1 is 1.21 bits per heavy atom. The number of amides is 1. The van der Waals surface area contributed by atoms with Crippen molar-refractivity contribution in [3.63, 3.8) is 0 Å². The maximum absolute atomic E-state index is 12.8. The molecule has 7 heteroatoms. The van der Waals surface area contributed by atoms with Crippen LogP contribution in [0.5, 0.6) is 5.75 Å². The zero-order valence-corrected chi connectivity index (χ0v) is 16.5. The lowest BCUT2D eigenvalue weighted by Gasteiger charge is -2.37. The number of rotatable bonds is 8. The summed E-state index contributed by atoms with van der Waals surface area (Å²) in [6, 6.07) is 7.50. The van der Waals surface area contributed by atoms with Gasteiger partial charge in [0.05, 0.1) is 12.6 Å². The summed E-state index contributed by atoms with van der Waals surface area (Å²) in [4.78, 5) is 27.6. The van der Waals surface area contributed by atoms with Gasteiger partial charge in [0.2, 0.25) is 0 Å². The standard InChI is InChI=1S/C21H30N2O5/c1-2-22(14-20(24)25)17-9-11-23(12-10-17)21(26)16-5-7-18(8-6-16)28-15-19-4-3-13-27-19/h5-8,17,19H,2-4,9-15H2,1H3,(H,24,25). The molecule has 2 aliphatic heterocycles. The van der Waals surface area contributed by atoms with Crippen LogP contribution in [0.1, 0.15) is 43.0 Å². The summed E-state index contributed by atoms with van der Waals surface area (Å²) in [5, 5.41) is 9.03. The van der Waals surface area contributed by atoms with E-state index < -0.39 is 5.97 Å². The quantitative estimate of drug-likeness (QED) is 0.734. The van der Waals surface area contributed by atoms with Crippen LogP contribution in [-0.2, 0) is 9.53 Å². The molecule has 1 atom stereocenters. The molecule has 0 spiro atoms. The van der Waals surface area contributed by atoms with Crippen molar-refractivity contribution in [2.75, 3.05) is 39.4 Å². The number of ether oxygens (including phenoxy) is 2. The van der Waals surface area contributed by atoms with Crippen LogP contribution >= 0.6 is 0 Å². The minimum Gasteiger partial charge on any atom is -0.491 e. The summed E-state index contributed by atoms with van der Waals surface area (Å²) in [5.74, 6) is -0.0365. The summed E-state index contributed by atoms with van der Waals surface area (Å²) in [6.07, 6.45) is 3.90. The molecule has 2 saturated heterocycles. The van der Waals surface area contributed by atoms with Crippen LogP contribution in [0.3, 0.4) is 0 Å². The van der Waals surface area contributed by atoms with Gasteiger partial charge in [-0.25, -0.2) is 0 Å². The molecule has 1 unspecified atom stereocenters. The zero-order chi connectivity index (χ0) is 19.9. The Labute approximate surface area is 166 Å². The monoisotopic (exact) mass is 390 g/mol. The van der Waals surface area contributed by atoms with E-state index in [4.69, 9.17) is 14.6 Å². The third kappa shape index (κ3) is 5.45. The molecule has 1 amide bonds. The number of carboxylic acid groups (broad SMARTS) is 1. The van der Waals surface area contributed by atoms with E-state index in [-0.39, 0.29) is 24.6 Å². The highest BCUT2D eigenvalue weighted by Gasteiger charge is 2.27. The predicted molar refractivity (Wildman–Crippen MR) is 105 cm³/mol. The van der Waals surface area contributed by atoms with Crippen molar-refractivity contribution in [3.05, 3.63) is 29.8 Å². The number of likely N-dealkylation sites (tertiary alicyclic amines) is 1. The van der Waals surface area contributed by atoms with Crippen LogP contribution in [0.2, 0.25) is 0 Å². The molecule has 0 radical (unpaired) electrons. The molecule has 1 aromatic carbocycles. The lowest BCUT2D eigenvalue weighted by molar-refractivity contribution is -0.139. The predicted octanol–water partition coefficient (Wildman–Crippen LogP) is 2.26. The van der Waals surface area contributed by atoms with E-state index in [1.807, 2.05) is 41.0 Å². The van der Waals surface area contributed by atoms with Crippen molar-refractivity contribution in [3.8, 4) is 5.75 Å². The smallest absolute Gasteiger partial charge is 0.317 e. The number of carboxylic acids is 1. The number of carbonyl (C=O) groups excluding carboxylic acids is 1. The topological polar surface area (TPSA) is 79.3 Å². The van der Waals surface area contributed by atoms with Gasteiger partial charge >= 0.3 is 5.97 Å². The Morgan fingerprint density at radius 2 is 1.93 bits per heavy atom. The molecule has 1 N–H and O–H groups in total. The lowest BCUT2D eigenvalue weighted by Crippen LogP contribution is -2.48. The summed E-state index contributed by atoms with van der Waals surface area (Å²) >= 11 is 0. The van der Waals surface area contributed by atoms with Crippen molar-refractivity contribution < 1.29 is 24.2 Å². The second kappa shape index (κ2) is 9.89. The van der Waals surface area contributed by atoms with Gasteiger partial charge in [-0.1, -0.05) is 6.92 Å². The molecule has 154 valence electrons. The highest BCUT2D eigenvalue weighted by molar-refractivity contribution is 5.94. The van der Waals surface area contributed by atoms with Gasteiger partial charge in [-0.3, -0.25) is 14.5 Å². The van der Waals surface area contributed by atoms with E-state index in [1.54, 1.807) is 0 Å². The van der Waals surface area contributed by atoms with Gasteiger partial charge in [-0.2, -0.15) is 0 Å². The number of piperidine rings is 1. The molecule has 0 aromatic heterocycles. The minimum absolute atomic E-state index is 0.0189. The minimum atomic E-state index is -0.804. The van der Waals surface area contributed by atoms with Gasteiger partial charge in [-0.05, 0) is 56.5 Å². The maximum Gasteiger partial charge on any atom is 0.317 e. The van der Waals surface area contributed by atoms with Gasteiger partial charge in [0.1, 0.15) is 12.4 Å². The van der Waals surface area contributed by atoms with E-state index >= 15 is 0 Å². The summed E-state index contributed by atoms with van der Waals surface area (Å²) in [5.41, 5.74) is 0.654. The number of hydrogen-bond acceptors (Lipinski definition) is 5. The normalized spacial score (nSPS) is 20.5. The largest absolute Gasteiger partial charge is 0.491 e. The fourth-order valence-corrected chi connectivity index (χ4v) is 3.95. The van der Waals surface area contributed by atoms with Gasteiger partial charge in [0.25, 0.3) is 5.91 Å². The Kier molecular flexibility index (Phi) is 7.28. The molecular weight excluding hydrogens is 360 g/mol. The van der Waals surface area contributed by atoms with Crippen LogP contribution in [-0.4, -0.2) is 78.3 Å². The van der Waals surface area contributed by atoms with Crippen LogP contribution in [0.15, 0.2) is 24.3 Å². The number of aliphatic carboxylic acids is 1. The van der Waals surface area contributed by atoms with Crippen molar-refractivity contribution in [1.29, 1.82) is 0 Å². The number of nitrogens with zero attached hydrogens (tertiary/aromatic N) is 2. The molecule has 0 bridgehead atoms. The summed E-state index contributed by atoms with van der Waals surface area (Å²) in [6.45, 7) is 5.40. The van der Waals surface area contributed by atoms with E-state index in [0.717, 1.165) is 38.0 Å². The molecule has 28 heavy (non-hydrogen) atoms. The summed E-state index contributed by atoms with van der Waals surface area (Å²) in [7, 11) is 0. The van der Waals surface area contributed by atoms with Crippen LogP contribution < -0.4 is 4.74 Å². The average molecular weight is 390 g/mol. The molecule has 0 aliphatic carbocycles. The van der Waals surface area contributed by atoms with Crippen LogP contribution in [0, 0.1) is 0 Å². The molecule has 0 saturated carbocycles. The highest BCUT2D eigenvalue weighted by atomic mass is 16.5. The van der Waals surface area contributed by atoms with Gasteiger partial charge in [0, 0.05) is 31.3 Å². The third-order valence-electron chi connectivity index (χ3n) is 5.57. The Balaban J connectivity index is 1.48. The zero-order valence-electron chi connectivity index (χ0n) is 16.5. The van der Waals surface area contributed by atoms with E-state index in [2.05, 4.69) is 0 Å². The third-order valence-corrected chi connectivity index (χ3v) is 5.57. The first kappa shape index (κ1) is 20.6. The molecule has 2 aliphatic rings. The molecule has 2 fully saturated rings. The number of carbonyl (C=O) groups is 2. The number of likely N-dealkylation sites (N-methyl/N-ethyl adjacent to an activating group) is 1. The van der Waals surface area contributed by atoms with Gasteiger partial charge < -0.3 is 19.5 Å². The Bertz CT molecular complexity index is 649. The fraction of sp³-hybridized carbons (Fsp3) is 0.619. The van der Waals surface area contributed by atoms with Crippen LogP contribution in [0.4, 0.5) is 0 Å². The number of benzene rings is 1. The first-order valence-corrected chi connectivity index (χ1v) is 10.2. The van der Waals surface area contributed by atoms with Crippen molar-refractivity contribution in [2.45, 2.75) is 44.8 Å². The second-order valence-electron chi connectivity index (χ2n) is 7.45. The Morgan fingerprint density at radius 3 is 2.50 bits per heavy atom.